The lowest BCUT2D eigenvalue weighted by atomic mass is 9.85. The highest BCUT2D eigenvalue weighted by Crippen LogP contribution is 2.35. The van der Waals surface area contributed by atoms with Gasteiger partial charge in [0.2, 0.25) is 11.8 Å². The summed E-state index contributed by atoms with van der Waals surface area (Å²) in [6.07, 6.45) is 6.25. The second-order valence-corrected chi connectivity index (χ2v) is 5.27. The summed E-state index contributed by atoms with van der Waals surface area (Å²) in [5.74, 6) is -2.51. The van der Waals surface area contributed by atoms with Crippen LogP contribution in [0.15, 0.2) is 12.2 Å². The Bertz CT molecular complexity index is 403. The number of likely N-dealkylation sites (tertiary alicyclic amines) is 1. The number of carbonyl (C=O) groups is 3. The van der Waals surface area contributed by atoms with Crippen molar-refractivity contribution in [3.63, 3.8) is 0 Å². The highest BCUT2D eigenvalue weighted by atomic mass is 16.4. The molecule has 0 spiro atoms. The largest absolute Gasteiger partial charge is 0.481 e. The average Bonchev–Trinajstić information content (AvgIpc) is 2.63. The summed E-state index contributed by atoms with van der Waals surface area (Å²) in [5, 5.41) is 9.13. The van der Waals surface area contributed by atoms with Gasteiger partial charge in [-0.25, -0.2) is 0 Å². The molecule has 1 N–H and O–H groups in total. The number of carboxylic acid groups (broad SMARTS) is 1. The molecule has 0 aromatic heterocycles. The molecule has 0 aromatic carbocycles. The first-order chi connectivity index (χ1) is 9.06. The number of allylic oxidation sites excluding steroid dienone is 2. The summed E-state index contributed by atoms with van der Waals surface area (Å²) in [6.45, 7) is 1.92. The molecule has 2 aliphatic rings. The van der Waals surface area contributed by atoms with Crippen LogP contribution in [0.4, 0.5) is 0 Å². The normalized spacial score (nSPS) is 27.5. The van der Waals surface area contributed by atoms with Gasteiger partial charge in [0, 0.05) is 6.54 Å². The molecule has 0 bridgehead atoms. The van der Waals surface area contributed by atoms with Gasteiger partial charge in [-0.05, 0) is 19.3 Å². The molecule has 0 saturated carbocycles. The van der Waals surface area contributed by atoms with Crippen molar-refractivity contribution < 1.29 is 19.5 Å². The van der Waals surface area contributed by atoms with Crippen LogP contribution >= 0.6 is 0 Å². The molecule has 5 nitrogen and oxygen atoms in total. The average molecular weight is 265 g/mol. The Labute approximate surface area is 112 Å². The van der Waals surface area contributed by atoms with Crippen LogP contribution in [-0.2, 0) is 14.4 Å². The number of imide groups is 1. The number of aliphatic carboxylic acids is 1. The zero-order valence-corrected chi connectivity index (χ0v) is 11.0. The molecule has 3 atom stereocenters. The van der Waals surface area contributed by atoms with Crippen molar-refractivity contribution >= 4 is 17.8 Å². The second kappa shape index (κ2) is 5.55. The number of rotatable bonds is 5. The molecule has 1 heterocycles. The van der Waals surface area contributed by atoms with E-state index in [1.54, 1.807) is 0 Å². The van der Waals surface area contributed by atoms with E-state index in [0.29, 0.717) is 19.3 Å². The first-order valence-corrected chi connectivity index (χ1v) is 6.79. The number of hydrogen-bond acceptors (Lipinski definition) is 3. The van der Waals surface area contributed by atoms with Gasteiger partial charge in [-0.1, -0.05) is 25.5 Å². The minimum atomic E-state index is -0.935. The first kappa shape index (κ1) is 13.8. The third-order valence-corrected chi connectivity index (χ3v) is 3.99. The minimum absolute atomic E-state index is 0.0217. The van der Waals surface area contributed by atoms with Gasteiger partial charge in [0.1, 0.15) is 0 Å². The van der Waals surface area contributed by atoms with Crippen LogP contribution in [0, 0.1) is 17.8 Å². The molecule has 0 aromatic rings. The Morgan fingerprint density at radius 1 is 1.32 bits per heavy atom. The van der Waals surface area contributed by atoms with E-state index in [1.807, 2.05) is 19.1 Å². The predicted octanol–water partition coefficient (Wildman–Crippen LogP) is 1.44. The summed E-state index contributed by atoms with van der Waals surface area (Å²) in [4.78, 5) is 36.7. The molecule has 1 fully saturated rings. The molecule has 0 radical (unpaired) electrons. The van der Waals surface area contributed by atoms with Crippen molar-refractivity contribution in [1.29, 1.82) is 0 Å². The number of hydrogen-bond donors (Lipinski definition) is 1. The quantitative estimate of drug-likeness (QED) is 0.603. The van der Waals surface area contributed by atoms with Crippen LogP contribution < -0.4 is 0 Å². The van der Waals surface area contributed by atoms with Gasteiger partial charge >= 0.3 is 5.97 Å². The zero-order valence-electron chi connectivity index (χ0n) is 11.0. The Hall–Kier alpha value is -1.65. The Balaban J connectivity index is 2.10. The third-order valence-electron chi connectivity index (χ3n) is 3.99. The number of amides is 2. The topological polar surface area (TPSA) is 74.7 Å². The molecule has 104 valence electrons. The first-order valence-electron chi connectivity index (χ1n) is 6.79. The predicted molar refractivity (Wildman–Crippen MR) is 68.1 cm³/mol. The van der Waals surface area contributed by atoms with Gasteiger partial charge < -0.3 is 5.11 Å². The molecule has 1 aliphatic heterocycles. The van der Waals surface area contributed by atoms with Gasteiger partial charge in [0.15, 0.2) is 0 Å². The van der Waals surface area contributed by atoms with E-state index in [0.717, 1.165) is 6.42 Å². The van der Waals surface area contributed by atoms with Crippen molar-refractivity contribution in [2.75, 3.05) is 6.54 Å². The van der Waals surface area contributed by atoms with E-state index in [9.17, 15) is 14.4 Å². The van der Waals surface area contributed by atoms with Gasteiger partial charge in [0.05, 0.1) is 17.8 Å². The molecule has 5 heteroatoms. The van der Waals surface area contributed by atoms with Crippen LogP contribution in [0.3, 0.4) is 0 Å². The van der Waals surface area contributed by atoms with E-state index < -0.39 is 11.9 Å². The fourth-order valence-corrected chi connectivity index (χ4v) is 2.91. The monoisotopic (exact) mass is 265 g/mol. The molecule has 1 saturated heterocycles. The van der Waals surface area contributed by atoms with E-state index in [2.05, 4.69) is 0 Å². The minimum Gasteiger partial charge on any atom is -0.481 e. The van der Waals surface area contributed by atoms with Crippen molar-refractivity contribution in [2.45, 2.75) is 32.6 Å². The number of carbonyl (C=O) groups excluding carboxylic acids is 2. The lowest BCUT2D eigenvalue weighted by molar-refractivity contribution is -0.146. The summed E-state index contributed by atoms with van der Waals surface area (Å²) < 4.78 is 0. The van der Waals surface area contributed by atoms with Crippen LogP contribution in [0.25, 0.3) is 0 Å². The molecular formula is C14H19NO4. The fourth-order valence-electron chi connectivity index (χ4n) is 2.91. The molecular weight excluding hydrogens is 246 g/mol. The summed E-state index contributed by atoms with van der Waals surface area (Å²) in [6, 6.07) is 0. The molecule has 2 amide bonds. The second-order valence-electron chi connectivity index (χ2n) is 5.27. The van der Waals surface area contributed by atoms with Gasteiger partial charge in [-0.3, -0.25) is 19.3 Å². The van der Waals surface area contributed by atoms with E-state index in [4.69, 9.17) is 5.11 Å². The summed E-state index contributed by atoms with van der Waals surface area (Å²) in [7, 11) is 0. The van der Waals surface area contributed by atoms with Crippen LogP contribution in [0.2, 0.25) is 0 Å². The van der Waals surface area contributed by atoms with Crippen molar-refractivity contribution in [3.8, 4) is 0 Å². The van der Waals surface area contributed by atoms with Crippen molar-refractivity contribution in [2.24, 2.45) is 17.8 Å². The van der Waals surface area contributed by atoms with Gasteiger partial charge in [-0.2, -0.15) is 0 Å². The smallest absolute Gasteiger partial charge is 0.308 e. The zero-order chi connectivity index (χ0) is 14.0. The van der Waals surface area contributed by atoms with Gasteiger partial charge in [0.25, 0.3) is 0 Å². The van der Waals surface area contributed by atoms with Crippen LogP contribution in [-0.4, -0.2) is 34.3 Å². The van der Waals surface area contributed by atoms with Crippen LogP contribution in [0.1, 0.15) is 32.6 Å². The fraction of sp³-hybridized carbons (Fsp3) is 0.643. The highest BCUT2D eigenvalue weighted by molar-refractivity contribution is 6.05. The van der Waals surface area contributed by atoms with E-state index >= 15 is 0 Å². The maximum absolute atomic E-state index is 12.2. The van der Waals surface area contributed by atoms with Crippen LogP contribution in [0.5, 0.6) is 0 Å². The summed E-state index contributed by atoms with van der Waals surface area (Å²) in [5.41, 5.74) is 0. The SMILES string of the molecule is CCCC(CN1C(=O)[C@H]2CC=CC[C@H]2C1=O)C(=O)O. The number of nitrogens with zero attached hydrogens (tertiary/aromatic N) is 1. The maximum Gasteiger partial charge on any atom is 0.308 e. The van der Waals surface area contributed by atoms with Crippen molar-refractivity contribution in [1.82, 2.24) is 4.90 Å². The van der Waals surface area contributed by atoms with E-state index in [1.165, 1.54) is 4.90 Å². The number of carboxylic acids is 1. The Morgan fingerprint density at radius 2 is 1.84 bits per heavy atom. The third kappa shape index (κ3) is 2.55. The van der Waals surface area contributed by atoms with Crippen molar-refractivity contribution in [3.05, 3.63) is 12.2 Å². The summed E-state index contributed by atoms with van der Waals surface area (Å²) >= 11 is 0. The number of fused-ring (bicyclic) bond motifs is 1. The van der Waals surface area contributed by atoms with Gasteiger partial charge in [-0.15, -0.1) is 0 Å². The molecule has 2 rings (SSSR count). The molecule has 19 heavy (non-hydrogen) atoms. The maximum atomic E-state index is 12.2. The Morgan fingerprint density at radius 3 is 2.26 bits per heavy atom. The lowest BCUT2D eigenvalue weighted by Crippen LogP contribution is -2.38. The molecule has 1 aliphatic carbocycles. The lowest BCUT2D eigenvalue weighted by Gasteiger charge is -2.19. The Kier molecular flexibility index (Phi) is 4.02. The molecule has 1 unspecified atom stereocenters. The standard InChI is InChI=1S/C14H19NO4/c1-2-5-9(14(18)19)8-15-12(16)10-6-3-4-7-11(10)13(15)17/h3-4,9-11H,2,5-8H2,1H3,(H,18,19)/t9?,10-,11+. The highest BCUT2D eigenvalue weighted by Gasteiger charge is 2.47. The van der Waals surface area contributed by atoms with E-state index in [-0.39, 0.29) is 30.2 Å².